The number of nitrogens with one attached hydrogen (secondary N) is 1. The fourth-order valence-corrected chi connectivity index (χ4v) is 3.90. The Morgan fingerprint density at radius 3 is 2.62 bits per heavy atom. The van der Waals surface area contributed by atoms with Crippen molar-refractivity contribution in [2.24, 2.45) is 5.92 Å². The number of amides is 1. The molecule has 0 aliphatic carbocycles. The lowest BCUT2D eigenvalue weighted by Gasteiger charge is -2.35. The molecule has 1 N–H and O–H groups in total. The molecule has 1 fully saturated rings. The van der Waals surface area contributed by atoms with E-state index in [2.05, 4.69) is 28.4 Å². The van der Waals surface area contributed by atoms with Crippen molar-refractivity contribution in [1.82, 2.24) is 10.2 Å². The molecule has 6 heteroatoms. The topological polar surface area (TPSA) is 60.0 Å². The zero-order chi connectivity index (χ0) is 20.1. The maximum atomic E-state index is 12.8. The smallest absolute Gasteiger partial charge is 0.231 e. The van der Waals surface area contributed by atoms with Gasteiger partial charge in [0.2, 0.25) is 12.7 Å². The van der Waals surface area contributed by atoms with Crippen LogP contribution >= 0.6 is 0 Å². The zero-order valence-electron chi connectivity index (χ0n) is 16.8. The van der Waals surface area contributed by atoms with E-state index < -0.39 is 0 Å². The highest BCUT2D eigenvalue weighted by Gasteiger charge is 2.26. The summed E-state index contributed by atoms with van der Waals surface area (Å²) >= 11 is 0. The normalized spacial score (nSPS) is 18.2. The van der Waals surface area contributed by atoms with E-state index in [0.29, 0.717) is 19.8 Å². The molecule has 0 saturated carbocycles. The molecule has 0 bridgehead atoms. The molecule has 154 valence electrons. The molecule has 2 heterocycles. The maximum absolute atomic E-state index is 12.8. The number of morpholine rings is 1. The van der Waals surface area contributed by atoms with Crippen LogP contribution in [0.25, 0.3) is 0 Å². The Labute approximate surface area is 171 Å². The van der Waals surface area contributed by atoms with Crippen LogP contribution in [0.15, 0.2) is 48.5 Å². The van der Waals surface area contributed by atoms with Gasteiger partial charge in [-0.2, -0.15) is 0 Å². The number of hydrogen-bond donors (Lipinski definition) is 1. The molecule has 6 nitrogen and oxygen atoms in total. The summed E-state index contributed by atoms with van der Waals surface area (Å²) in [6.07, 6.45) is 0.735. The standard InChI is InChI=1S/C23H28N2O4/c1-17(13-18-5-3-2-4-6-18)23(26)24-15-20(25-9-11-27-12-10-25)19-7-8-21-22(14-19)29-16-28-21/h2-8,14,17,20H,9-13,15-16H2,1H3,(H,24,26). The Hall–Kier alpha value is -2.57. The lowest BCUT2D eigenvalue weighted by atomic mass is 9.99. The van der Waals surface area contributed by atoms with Crippen molar-refractivity contribution in [3.05, 3.63) is 59.7 Å². The van der Waals surface area contributed by atoms with Crippen LogP contribution in [0, 0.1) is 5.92 Å². The van der Waals surface area contributed by atoms with Gasteiger partial charge in [0.25, 0.3) is 0 Å². The number of ether oxygens (including phenoxy) is 3. The molecule has 1 saturated heterocycles. The van der Waals surface area contributed by atoms with Crippen LogP contribution in [-0.4, -0.2) is 50.4 Å². The second-order valence-corrected chi connectivity index (χ2v) is 7.61. The van der Waals surface area contributed by atoms with Gasteiger partial charge >= 0.3 is 0 Å². The van der Waals surface area contributed by atoms with Gasteiger partial charge in [0, 0.05) is 25.6 Å². The fraction of sp³-hybridized carbons (Fsp3) is 0.435. The van der Waals surface area contributed by atoms with Crippen molar-refractivity contribution in [2.75, 3.05) is 39.6 Å². The van der Waals surface area contributed by atoms with Crippen LogP contribution in [0.4, 0.5) is 0 Å². The molecule has 2 aliphatic heterocycles. The number of carbonyl (C=O) groups excluding carboxylic acids is 1. The number of hydrogen-bond acceptors (Lipinski definition) is 5. The SMILES string of the molecule is CC(Cc1ccccc1)C(=O)NCC(c1ccc2c(c1)OCO2)N1CCOCC1. The summed E-state index contributed by atoms with van der Waals surface area (Å²) in [5.41, 5.74) is 2.29. The van der Waals surface area contributed by atoms with Crippen LogP contribution in [0.3, 0.4) is 0 Å². The first kappa shape index (κ1) is 19.7. The molecule has 2 atom stereocenters. The quantitative estimate of drug-likeness (QED) is 0.780. The summed E-state index contributed by atoms with van der Waals surface area (Å²) in [6, 6.07) is 16.2. The summed E-state index contributed by atoms with van der Waals surface area (Å²) in [4.78, 5) is 15.1. The van der Waals surface area contributed by atoms with Gasteiger partial charge in [0.15, 0.2) is 11.5 Å². The molecule has 29 heavy (non-hydrogen) atoms. The minimum Gasteiger partial charge on any atom is -0.454 e. The van der Waals surface area contributed by atoms with Gasteiger partial charge in [-0.05, 0) is 29.7 Å². The van der Waals surface area contributed by atoms with E-state index in [9.17, 15) is 4.79 Å². The number of carbonyl (C=O) groups is 1. The molecule has 0 radical (unpaired) electrons. The molecule has 2 aliphatic rings. The summed E-state index contributed by atoms with van der Waals surface area (Å²) in [7, 11) is 0. The van der Waals surface area contributed by atoms with Crippen LogP contribution in [-0.2, 0) is 16.0 Å². The van der Waals surface area contributed by atoms with Crippen molar-refractivity contribution >= 4 is 5.91 Å². The average Bonchev–Trinajstić information content (AvgIpc) is 3.23. The van der Waals surface area contributed by atoms with Crippen LogP contribution < -0.4 is 14.8 Å². The summed E-state index contributed by atoms with van der Waals surface area (Å²) in [6.45, 7) is 5.89. The molecule has 1 amide bonds. The molecular formula is C23H28N2O4. The summed E-state index contributed by atoms with van der Waals surface area (Å²) in [5, 5.41) is 3.17. The molecule has 2 unspecified atom stereocenters. The van der Waals surface area contributed by atoms with E-state index in [1.807, 2.05) is 37.3 Å². The Morgan fingerprint density at radius 1 is 1.07 bits per heavy atom. The van der Waals surface area contributed by atoms with Gasteiger partial charge in [-0.1, -0.05) is 43.3 Å². The van der Waals surface area contributed by atoms with E-state index in [0.717, 1.165) is 36.6 Å². The number of fused-ring (bicyclic) bond motifs is 1. The summed E-state index contributed by atoms with van der Waals surface area (Å²) < 4.78 is 16.5. The van der Waals surface area contributed by atoms with Gasteiger partial charge in [-0.25, -0.2) is 0 Å². The highest BCUT2D eigenvalue weighted by molar-refractivity contribution is 5.78. The molecule has 2 aromatic carbocycles. The third-order valence-corrected chi connectivity index (χ3v) is 5.57. The van der Waals surface area contributed by atoms with E-state index >= 15 is 0 Å². The van der Waals surface area contributed by atoms with Crippen molar-refractivity contribution in [2.45, 2.75) is 19.4 Å². The Kier molecular flexibility index (Phi) is 6.32. The monoisotopic (exact) mass is 396 g/mol. The van der Waals surface area contributed by atoms with E-state index in [1.54, 1.807) is 0 Å². The highest BCUT2D eigenvalue weighted by atomic mass is 16.7. The molecular weight excluding hydrogens is 368 g/mol. The van der Waals surface area contributed by atoms with Crippen LogP contribution in [0.5, 0.6) is 11.5 Å². The highest BCUT2D eigenvalue weighted by Crippen LogP contribution is 2.35. The van der Waals surface area contributed by atoms with Crippen molar-refractivity contribution < 1.29 is 19.0 Å². The third kappa shape index (κ3) is 4.89. The number of nitrogens with zero attached hydrogens (tertiary/aromatic N) is 1. The van der Waals surface area contributed by atoms with E-state index in [1.165, 1.54) is 5.56 Å². The maximum Gasteiger partial charge on any atom is 0.231 e. The lowest BCUT2D eigenvalue weighted by Crippen LogP contribution is -2.44. The first-order valence-electron chi connectivity index (χ1n) is 10.2. The second kappa shape index (κ2) is 9.29. The minimum absolute atomic E-state index is 0.0706. The van der Waals surface area contributed by atoms with Crippen molar-refractivity contribution in [3.8, 4) is 11.5 Å². The molecule has 4 rings (SSSR count). The fourth-order valence-electron chi connectivity index (χ4n) is 3.90. The molecule has 0 spiro atoms. The molecule has 0 aromatic heterocycles. The minimum atomic E-state index is -0.0838. The van der Waals surface area contributed by atoms with Crippen molar-refractivity contribution in [1.29, 1.82) is 0 Å². The number of rotatable bonds is 7. The van der Waals surface area contributed by atoms with Gasteiger partial charge < -0.3 is 19.5 Å². The number of benzene rings is 2. The summed E-state index contributed by atoms with van der Waals surface area (Å²) in [5.74, 6) is 1.53. The second-order valence-electron chi connectivity index (χ2n) is 7.61. The van der Waals surface area contributed by atoms with Gasteiger partial charge in [0.1, 0.15) is 0 Å². The van der Waals surface area contributed by atoms with Gasteiger partial charge in [-0.3, -0.25) is 9.69 Å². The van der Waals surface area contributed by atoms with Crippen LogP contribution in [0.1, 0.15) is 24.1 Å². The zero-order valence-corrected chi connectivity index (χ0v) is 16.8. The van der Waals surface area contributed by atoms with Gasteiger partial charge in [-0.15, -0.1) is 0 Å². The van der Waals surface area contributed by atoms with Crippen molar-refractivity contribution in [3.63, 3.8) is 0 Å². The van der Waals surface area contributed by atoms with Crippen LogP contribution in [0.2, 0.25) is 0 Å². The molecule has 2 aromatic rings. The Morgan fingerprint density at radius 2 is 1.83 bits per heavy atom. The Balaban J connectivity index is 1.43. The first-order chi connectivity index (χ1) is 14.2. The first-order valence-corrected chi connectivity index (χ1v) is 10.2. The largest absolute Gasteiger partial charge is 0.454 e. The van der Waals surface area contributed by atoms with Gasteiger partial charge in [0.05, 0.1) is 19.3 Å². The van der Waals surface area contributed by atoms with E-state index in [-0.39, 0.29) is 24.7 Å². The predicted molar refractivity (Wildman–Crippen MR) is 110 cm³/mol. The van der Waals surface area contributed by atoms with E-state index in [4.69, 9.17) is 14.2 Å². The predicted octanol–water partition coefficient (Wildman–Crippen LogP) is 2.78. The average molecular weight is 396 g/mol. The Bertz CT molecular complexity index is 821. The lowest BCUT2D eigenvalue weighted by molar-refractivity contribution is -0.124. The third-order valence-electron chi connectivity index (χ3n) is 5.57.